The molecule has 1 saturated heterocycles. The summed E-state index contributed by atoms with van der Waals surface area (Å²) in [5.74, 6) is 0.909. The maximum atomic E-state index is 12.6. The minimum atomic E-state index is -0.0217. The summed E-state index contributed by atoms with van der Waals surface area (Å²) >= 11 is 0. The molecule has 2 aromatic rings. The van der Waals surface area contributed by atoms with Gasteiger partial charge in [-0.15, -0.1) is 0 Å². The van der Waals surface area contributed by atoms with Gasteiger partial charge in [-0.1, -0.05) is 6.07 Å². The molecule has 5 heteroatoms. The van der Waals surface area contributed by atoms with Crippen LogP contribution in [0.4, 0.5) is 11.5 Å². The van der Waals surface area contributed by atoms with Gasteiger partial charge in [-0.25, -0.2) is 4.98 Å². The van der Waals surface area contributed by atoms with Crippen LogP contribution in [0, 0.1) is 19.8 Å². The van der Waals surface area contributed by atoms with Crippen LogP contribution in [0.15, 0.2) is 36.8 Å². The molecule has 0 spiro atoms. The molecule has 1 amide bonds. The molecule has 0 aliphatic carbocycles. The second-order valence-corrected chi connectivity index (χ2v) is 6.21. The Hall–Kier alpha value is -2.43. The van der Waals surface area contributed by atoms with Gasteiger partial charge >= 0.3 is 0 Å². The lowest BCUT2D eigenvalue weighted by atomic mass is 9.97. The molecule has 1 aliphatic heterocycles. The van der Waals surface area contributed by atoms with E-state index in [1.54, 1.807) is 18.6 Å². The first kappa shape index (κ1) is 15.5. The summed E-state index contributed by atoms with van der Waals surface area (Å²) in [7, 11) is 0. The molecule has 2 heterocycles. The minimum absolute atomic E-state index is 0.0217. The number of piperidine rings is 1. The second kappa shape index (κ2) is 6.77. The third-order valence-electron chi connectivity index (χ3n) is 4.15. The average molecular weight is 310 g/mol. The summed E-state index contributed by atoms with van der Waals surface area (Å²) in [6, 6.07) is 6.12. The van der Waals surface area contributed by atoms with E-state index in [2.05, 4.69) is 26.3 Å². The van der Waals surface area contributed by atoms with Crippen molar-refractivity contribution in [1.29, 1.82) is 0 Å². The van der Waals surface area contributed by atoms with Gasteiger partial charge < -0.3 is 10.2 Å². The van der Waals surface area contributed by atoms with Crippen LogP contribution in [0.25, 0.3) is 0 Å². The van der Waals surface area contributed by atoms with Crippen molar-refractivity contribution >= 4 is 17.4 Å². The van der Waals surface area contributed by atoms with E-state index in [-0.39, 0.29) is 11.8 Å². The van der Waals surface area contributed by atoms with Crippen LogP contribution < -0.4 is 10.2 Å². The molecule has 1 aromatic carbocycles. The normalized spacial score (nSPS) is 17.8. The standard InChI is InChI=1S/C18H22N4O/c1-13-8-14(2)10-16(9-13)21-18(23)15-4-3-7-22(12-15)17-11-19-5-6-20-17/h5-6,8-11,15H,3-4,7,12H2,1-2H3,(H,21,23). The molecule has 120 valence electrons. The number of nitrogens with one attached hydrogen (secondary N) is 1. The fraction of sp³-hybridized carbons (Fsp3) is 0.389. The molecule has 1 fully saturated rings. The van der Waals surface area contributed by atoms with Crippen LogP contribution in [-0.4, -0.2) is 29.0 Å². The highest BCUT2D eigenvalue weighted by Crippen LogP contribution is 2.23. The van der Waals surface area contributed by atoms with Crippen molar-refractivity contribution in [3.8, 4) is 0 Å². The quantitative estimate of drug-likeness (QED) is 0.947. The third-order valence-corrected chi connectivity index (χ3v) is 4.15. The number of benzene rings is 1. The van der Waals surface area contributed by atoms with Crippen molar-refractivity contribution < 1.29 is 4.79 Å². The third kappa shape index (κ3) is 3.86. The van der Waals surface area contributed by atoms with Gasteiger partial charge in [0.2, 0.25) is 5.91 Å². The van der Waals surface area contributed by atoms with E-state index < -0.39 is 0 Å². The van der Waals surface area contributed by atoms with E-state index in [4.69, 9.17) is 0 Å². The van der Waals surface area contributed by atoms with Crippen LogP contribution >= 0.6 is 0 Å². The average Bonchev–Trinajstić information content (AvgIpc) is 2.55. The Morgan fingerprint density at radius 1 is 1.22 bits per heavy atom. The number of anilines is 2. The topological polar surface area (TPSA) is 58.1 Å². The summed E-state index contributed by atoms with van der Waals surface area (Å²) in [5.41, 5.74) is 3.19. The van der Waals surface area contributed by atoms with Gasteiger partial charge in [0.1, 0.15) is 5.82 Å². The summed E-state index contributed by atoms with van der Waals surface area (Å²) in [5, 5.41) is 3.06. The number of rotatable bonds is 3. The maximum Gasteiger partial charge on any atom is 0.229 e. The van der Waals surface area contributed by atoms with E-state index in [1.807, 2.05) is 26.0 Å². The summed E-state index contributed by atoms with van der Waals surface area (Å²) in [4.78, 5) is 23.2. The van der Waals surface area contributed by atoms with E-state index in [1.165, 1.54) is 0 Å². The minimum Gasteiger partial charge on any atom is -0.355 e. The van der Waals surface area contributed by atoms with Crippen LogP contribution in [0.1, 0.15) is 24.0 Å². The molecule has 1 atom stereocenters. The highest BCUT2D eigenvalue weighted by atomic mass is 16.1. The predicted octanol–water partition coefficient (Wildman–Crippen LogP) is 2.95. The number of amides is 1. The fourth-order valence-corrected chi connectivity index (χ4v) is 3.14. The zero-order chi connectivity index (χ0) is 16.2. The number of carbonyl (C=O) groups is 1. The van der Waals surface area contributed by atoms with Gasteiger partial charge in [-0.05, 0) is 49.9 Å². The monoisotopic (exact) mass is 310 g/mol. The smallest absolute Gasteiger partial charge is 0.229 e. The zero-order valence-electron chi connectivity index (χ0n) is 13.6. The van der Waals surface area contributed by atoms with Crippen LogP contribution in [0.2, 0.25) is 0 Å². The second-order valence-electron chi connectivity index (χ2n) is 6.21. The number of carbonyl (C=O) groups excluding carboxylic acids is 1. The summed E-state index contributed by atoms with van der Waals surface area (Å²) in [6.45, 7) is 5.69. The van der Waals surface area contributed by atoms with E-state index >= 15 is 0 Å². The lowest BCUT2D eigenvalue weighted by Gasteiger charge is -2.32. The van der Waals surface area contributed by atoms with Crippen molar-refractivity contribution in [2.45, 2.75) is 26.7 Å². The zero-order valence-corrected chi connectivity index (χ0v) is 13.6. The molecule has 0 bridgehead atoms. The predicted molar refractivity (Wildman–Crippen MR) is 91.5 cm³/mol. The number of hydrogen-bond donors (Lipinski definition) is 1. The Balaban J connectivity index is 1.67. The SMILES string of the molecule is Cc1cc(C)cc(NC(=O)C2CCCN(c3cnccn3)C2)c1. The first-order valence-electron chi connectivity index (χ1n) is 8.02. The lowest BCUT2D eigenvalue weighted by molar-refractivity contribution is -0.120. The van der Waals surface area contributed by atoms with Crippen molar-refractivity contribution in [1.82, 2.24) is 9.97 Å². The van der Waals surface area contributed by atoms with E-state index in [9.17, 15) is 4.79 Å². The molecule has 5 nitrogen and oxygen atoms in total. The van der Waals surface area contributed by atoms with Gasteiger partial charge in [-0.3, -0.25) is 9.78 Å². The Kier molecular flexibility index (Phi) is 4.55. The van der Waals surface area contributed by atoms with Gasteiger partial charge in [0, 0.05) is 31.2 Å². The van der Waals surface area contributed by atoms with Crippen molar-refractivity contribution in [2.24, 2.45) is 5.92 Å². The van der Waals surface area contributed by atoms with E-state index in [0.29, 0.717) is 6.54 Å². The van der Waals surface area contributed by atoms with Crippen molar-refractivity contribution in [3.05, 3.63) is 47.9 Å². The molecule has 1 aromatic heterocycles. The molecule has 1 unspecified atom stereocenters. The fourth-order valence-electron chi connectivity index (χ4n) is 3.14. The van der Waals surface area contributed by atoms with Gasteiger partial charge in [-0.2, -0.15) is 0 Å². The molecular weight excluding hydrogens is 288 g/mol. The molecule has 1 aliphatic rings. The van der Waals surface area contributed by atoms with Crippen LogP contribution in [0.3, 0.4) is 0 Å². The molecular formula is C18H22N4O. The molecule has 0 saturated carbocycles. The number of hydrogen-bond acceptors (Lipinski definition) is 4. The Morgan fingerprint density at radius 2 is 2.00 bits per heavy atom. The van der Waals surface area contributed by atoms with Crippen LogP contribution in [-0.2, 0) is 4.79 Å². The Bertz CT molecular complexity index is 666. The Labute approximate surface area is 136 Å². The highest BCUT2D eigenvalue weighted by Gasteiger charge is 2.26. The first-order valence-corrected chi connectivity index (χ1v) is 8.02. The van der Waals surface area contributed by atoms with Gasteiger partial charge in [0.25, 0.3) is 0 Å². The van der Waals surface area contributed by atoms with E-state index in [0.717, 1.165) is 42.0 Å². The van der Waals surface area contributed by atoms with Crippen molar-refractivity contribution in [2.75, 3.05) is 23.3 Å². The molecule has 3 rings (SSSR count). The lowest BCUT2D eigenvalue weighted by Crippen LogP contribution is -2.41. The molecule has 23 heavy (non-hydrogen) atoms. The number of nitrogens with zero attached hydrogens (tertiary/aromatic N) is 3. The number of aryl methyl sites for hydroxylation is 2. The Morgan fingerprint density at radius 3 is 2.70 bits per heavy atom. The van der Waals surface area contributed by atoms with Gasteiger partial charge in [0.05, 0.1) is 12.1 Å². The summed E-state index contributed by atoms with van der Waals surface area (Å²) < 4.78 is 0. The molecule has 0 radical (unpaired) electrons. The number of aromatic nitrogens is 2. The highest BCUT2D eigenvalue weighted by molar-refractivity contribution is 5.93. The van der Waals surface area contributed by atoms with Crippen LogP contribution in [0.5, 0.6) is 0 Å². The van der Waals surface area contributed by atoms with Crippen molar-refractivity contribution in [3.63, 3.8) is 0 Å². The largest absolute Gasteiger partial charge is 0.355 e. The summed E-state index contributed by atoms with van der Waals surface area (Å²) in [6.07, 6.45) is 7.01. The maximum absolute atomic E-state index is 12.6. The molecule has 1 N–H and O–H groups in total. The first-order chi connectivity index (χ1) is 11.1. The van der Waals surface area contributed by atoms with Gasteiger partial charge in [0.15, 0.2) is 0 Å².